The van der Waals surface area contributed by atoms with Crippen LogP contribution in [0.15, 0.2) is 60.4 Å². The van der Waals surface area contributed by atoms with Gasteiger partial charge in [-0.3, -0.25) is 0 Å². The molecule has 0 saturated carbocycles. The van der Waals surface area contributed by atoms with Crippen molar-refractivity contribution in [1.82, 2.24) is 0 Å². The molecule has 0 aliphatic carbocycles. The van der Waals surface area contributed by atoms with Crippen LogP contribution in [-0.2, 0) is 0 Å². The van der Waals surface area contributed by atoms with E-state index in [2.05, 4.69) is 25.7 Å². The largest absolute Gasteiger partial charge is 0.404 e. The highest BCUT2D eigenvalue weighted by atomic mass is 14.5. The van der Waals surface area contributed by atoms with Crippen LogP contribution >= 0.6 is 0 Å². The number of nitrogens with two attached hydrogens (primary N) is 1. The Balaban J connectivity index is 4.87. The average molecular weight is 189 g/mol. The summed E-state index contributed by atoms with van der Waals surface area (Å²) in [5.74, 6) is 0. The van der Waals surface area contributed by atoms with Gasteiger partial charge in [0.1, 0.15) is 0 Å². The predicted molar refractivity (Wildman–Crippen MR) is 64.8 cm³/mol. The number of hydrogen-bond acceptors (Lipinski definition) is 1. The van der Waals surface area contributed by atoms with E-state index in [9.17, 15) is 0 Å². The summed E-state index contributed by atoms with van der Waals surface area (Å²) < 4.78 is 0. The van der Waals surface area contributed by atoms with Crippen LogP contribution in [0, 0.1) is 0 Å². The molecule has 0 rings (SSSR count). The lowest BCUT2D eigenvalue weighted by Crippen LogP contribution is -1.89. The smallest absolute Gasteiger partial charge is 0.00174 e. The molecule has 0 atom stereocenters. The molecule has 0 heterocycles. The zero-order valence-electron chi connectivity index (χ0n) is 9.03. The first-order valence-corrected chi connectivity index (χ1v) is 4.84. The molecule has 0 bridgehead atoms. The first-order valence-electron chi connectivity index (χ1n) is 4.84. The molecular weight excluding hydrogens is 170 g/mol. The van der Waals surface area contributed by atoms with Crippen molar-refractivity contribution in [2.45, 2.75) is 20.3 Å². The number of rotatable bonds is 5. The fourth-order valence-electron chi connectivity index (χ4n) is 1.10. The number of hydrogen-bond donors (Lipinski definition) is 1. The first kappa shape index (κ1) is 12.5. The van der Waals surface area contributed by atoms with E-state index in [1.807, 2.05) is 25.2 Å². The maximum atomic E-state index is 5.55. The van der Waals surface area contributed by atoms with Crippen molar-refractivity contribution in [2.75, 3.05) is 0 Å². The van der Waals surface area contributed by atoms with E-state index in [-0.39, 0.29) is 0 Å². The third-order valence-electron chi connectivity index (χ3n) is 1.70. The molecule has 0 spiro atoms. The molecule has 2 N–H and O–H groups in total. The van der Waals surface area contributed by atoms with Gasteiger partial charge in [0.05, 0.1) is 0 Å². The highest BCUT2D eigenvalue weighted by Crippen LogP contribution is 2.13. The molecule has 1 heteroatoms. The van der Waals surface area contributed by atoms with Gasteiger partial charge >= 0.3 is 0 Å². The second-order valence-electron chi connectivity index (χ2n) is 2.78. The third-order valence-corrected chi connectivity index (χ3v) is 1.70. The van der Waals surface area contributed by atoms with E-state index in [1.54, 1.807) is 12.3 Å². The summed E-state index contributed by atoms with van der Waals surface area (Å²) in [6.45, 7) is 7.73. The SMILES string of the molecule is C=C\C=C/C(=C\N)C(/C=C\C)=C\CC. The molecule has 0 unspecified atom stereocenters. The normalized spacial score (nSPS) is 14.1. The Hall–Kier alpha value is -1.50. The molecule has 76 valence electrons. The molecule has 0 aromatic rings. The van der Waals surface area contributed by atoms with Crippen molar-refractivity contribution in [3.05, 3.63) is 60.4 Å². The van der Waals surface area contributed by atoms with Crippen LogP contribution in [0.25, 0.3) is 0 Å². The van der Waals surface area contributed by atoms with Gasteiger partial charge in [0, 0.05) is 6.20 Å². The zero-order valence-corrected chi connectivity index (χ0v) is 9.03. The lowest BCUT2D eigenvalue weighted by Gasteiger charge is -2.01. The van der Waals surface area contributed by atoms with Crippen molar-refractivity contribution in [2.24, 2.45) is 5.73 Å². The van der Waals surface area contributed by atoms with E-state index in [0.717, 1.165) is 17.6 Å². The van der Waals surface area contributed by atoms with E-state index in [1.165, 1.54) is 0 Å². The van der Waals surface area contributed by atoms with E-state index in [4.69, 9.17) is 5.73 Å². The summed E-state index contributed by atoms with van der Waals surface area (Å²) >= 11 is 0. The van der Waals surface area contributed by atoms with Crippen molar-refractivity contribution < 1.29 is 0 Å². The van der Waals surface area contributed by atoms with Gasteiger partial charge in [-0.1, -0.05) is 50.0 Å². The van der Waals surface area contributed by atoms with Gasteiger partial charge in [0.15, 0.2) is 0 Å². The second kappa shape index (κ2) is 8.11. The molecule has 0 saturated heterocycles. The molecule has 0 radical (unpaired) electrons. The van der Waals surface area contributed by atoms with Crippen LogP contribution in [-0.4, -0.2) is 0 Å². The van der Waals surface area contributed by atoms with E-state index < -0.39 is 0 Å². The van der Waals surface area contributed by atoms with Crippen molar-refractivity contribution in [3.8, 4) is 0 Å². The van der Waals surface area contributed by atoms with Gasteiger partial charge in [-0.15, -0.1) is 0 Å². The lowest BCUT2D eigenvalue weighted by molar-refractivity contribution is 1.20. The monoisotopic (exact) mass is 189 g/mol. The fourth-order valence-corrected chi connectivity index (χ4v) is 1.10. The second-order valence-corrected chi connectivity index (χ2v) is 2.78. The van der Waals surface area contributed by atoms with Gasteiger partial charge in [-0.2, -0.15) is 0 Å². The average Bonchev–Trinajstić information content (AvgIpc) is 2.19. The number of allylic oxidation sites excluding steroid dienone is 8. The third kappa shape index (κ3) is 4.51. The van der Waals surface area contributed by atoms with E-state index in [0.29, 0.717) is 0 Å². The quantitative estimate of drug-likeness (QED) is 0.658. The molecule has 0 aromatic carbocycles. The van der Waals surface area contributed by atoms with Gasteiger partial charge < -0.3 is 5.73 Å². The van der Waals surface area contributed by atoms with Crippen LogP contribution in [0.5, 0.6) is 0 Å². The van der Waals surface area contributed by atoms with Gasteiger partial charge in [0.2, 0.25) is 0 Å². The highest BCUT2D eigenvalue weighted by molar-refractivity contribution is 5.46. The maximum Gasteiger partial charge on any atom is 0.00174 e. The maximum absolute atomic E-state index is 5.55. The van der Waals surface area contributed by atoms with Gasteiger partial charge in [-0.25, -0.2) is 0 Å². The summed E-state index contributed by atoms with van der Waals surface area (Å²) in [5, 5.41) is 0. The minimum absolute atomic E-state index is 0.999. The van der Waals surface area contributed by atoms with Crippen LogP contribution in [0.1, 0.15) is 20.3 Å². The molecule has 0 amide bonds. The minimum atomic E-state index is 0.999. The zero-order chi connectivity index (χ0) is 10.8. The Morgan fingerprint density at radius 1 is 1.29 bits per heavy atom. The van der Waals surface area contributed by atoms with Crippen molar-refractivity contribution in [1.29, 1.82) is 0 Å². The Morgan fingerprint density at radius 2 is 2.00 bits per heavy atom. The van der Waals surface area contributed by atoms with Crippen LogP contribution in [0.4, 0.5) is 0 Å². The predicted octanol–water partition coefficient (Wildman–Crippen LogP) is 3.48. The molecule has 0 fully saturated rings. The summed E-state index contributed by atoms with van der Waals surface area (Å²) in [4.78, 5) is 0. The van der Waals surface area contributed by atoms with Crippen molar-refractivity contribution >= 4 is 0 Å². The topological polar surface area (TPSA) is 26.0 Å². The van der Waals surface area contributed by atoms with E-state index >= 15 is 0 Å². The van der Waals surface area contributed by atoms with Gasteiger partial charge in [-0.05, 0) is 24.5 Å². The summed E-state index contributed by atoms with van der Waals surface area (Å²) in [6, 6.07) is 0. The molecule has 0 aliphatic heterocycles. The van der Waals surface area contributed by atoms with Crippen molar-refractivity contribution in [3.63, 3.8) is 0 Å². The minimum Gasteiger partial charge on any atom is -0.404 e. The molecular formula is C13H19N. The highest BCUT2D eigenvalue weighted by Gasteiger charge is 1.95. The van der Waals surface area contributed by atoms with Crippen LogP contribution < -0.4 is 5.73 Å². The summed E-state index contributed by atoms with van der Waals surface area (Å²) in [5.41, 5.74) is 7.72. The Bertz CT molecular complexity index is 278. The summed E-state index contributed by atoms with van der Waals surface area (Å²) in [7, 11) is 0. The van der Waals surface area contributed by atoms with Gasteiger partial charge in [0.25, 0.3) is 0 Å². The fraction of sp³-hybridized carbons (Fsp3) is 0.231. The van der Waals surface area contributed by atoms with Crippen LogP contribution in [0.2, 0.25) is 0 Å². The van der Waals surface area contributed by atoms with Crippen LogP contribution in [0.3, 0.4) is 0 Å². The standard InChI is InChI=1S/C13H19N/c1-4-7-10-13(11-14)12(8-5-2)9-6-3/h4-5,7-11H,1,6,14H2,2-3H3/b8-5-,10-7-,12-9-,13-11+. The molecule has 1 nitrogen and oxygen atoms in total. The Morgan fingerprint density at radius 3 is 2.43 bits per heavy atom. The molecule has 0 aliphatic rings. The summed E-state index contributed by atoms with van der Waals surface area (Å²) in [6.07, 6.45) is 14.4. The lowest BCUT2D eigenvalue weighted by atomic mass is 10.0. The Labute approximate surface area is 87.0 Å². The Kier molecular flexibility index (Phi) is 7.24. The molecule has 0 aromatic heterocycles. The first-order chi connectivity index (χ1) is 6.79. The molecule has 14 heavy (non-hydrogen) atoms.